The lowest BCUT2D eigenvalue weighted by atomic mass is 10.2. The van der Waals surface area contributed by atoms with Crippen molar-refractivity contribution in [2.24, 2.45) is 7.05 Å². The van der Waals surface area contributed by atoms with Gasteiger partial charge in [0.1, 0.15) is 5.75 Å². The fraction of sp³-hybridized carbons (Fsp3) is 0.200. The number of methoxy groups -OCH3 is 1. The average molecular weight is 333 g/mol. The van der Waals surface area contributed by atoms with Gasteiger partial charge in [-0.25, -0.2) is 8.42 Å². The minimum Gasteiger partial charge on any atom is -0.497 e. The van der Waals surface area contributed by atoms with E-state index in [-0.39, 0.29) is 10.9 Å². The van der Waals surface area contributed by atoms with Crippen molar-refractivity contribution in [3.05, 3.63) is 48.2 Å². The van der Waals surface area contributed by atoms with Crippen molar-refractivity contribution in [1.82, 2.24) is 14.8 Å². The molecule has 2 heterocycles. The molecule has 7 nitrogen and oxygen atoms in total. The molecule has 0 fully saturated rings. The highest BCUT2D eigenvalue weighted by Crippen LogP contribution is 2.22. The van der Waals surface area contributed by atoms with Crippen LogP contribution in [0.3, 0.4) is 0 Å². The van der Waals surface area contributed by atoms with Crippen LogP contribution in [0.4, 0.5) is 0 Å². The molecule has 0 N–H and O–H groups in total. The first kappa shape index (κ1) is 15.3. The molecule has 0 spiro atoms. The monoisotopic (exact) mass is 333 g/mol. The van der Waals surface area contributed by atoms with Crippen molar-refractivity contribution >= 4 is 9.84 Å². The van der Waals surface area contributed by atoms with Gasteiger partial charge in [-0.15, -0.1) is 10.2 Å². The quantitative estimate of drug-likeness (QED) is 0.710. The van der Waals surface area contributed by atoms with Gasteiger partial charge in [-0.05, 0) is 29.8 Å². The number of rotatable bonds is 5. The molecule has 0 saturated carbocycles. The number of aromatic nitrogens is 3. The van der Waals surface area contributed by atoms with Crippen LogP contribution < -0.4 is 4.74 Å². The van der Waals surface area contributed by atoms with Crippen LogP contribution in [0.1, 0.15) is 5.56 Å². The summed E-state index contributed by atoms with van der Waals surface area (Å²) in [6.07, 6.45) is 1.49. The largest absolute Gasteiger partial charge is 0.497 e. The number of hydrogen-bond donors (Lipinski definition) is 0. The van der Waals surface area contributed by atoms with Crippen molar-refractivity contribution in [2.75, 3.05) is 7.11 Å². The van der Waals surface area contributed by atoms with Crippen LogP contribution in [-0.2, 0) is 22.6 Å². The summed E-state index contributed by atoms with van der Waals surface area (Å²) < 4.78 is 37.0. The number of furan rings is 1. The van der Waals surface area contributed by atoms with Gasteiger partial charge in [0.25, 0.3) is 0 Å². The fourth-order valence-corrected chi connectivity index (χ4v) is 3.67. The molecule has 0 aliphatic heterocycles. The van der Waals surface area contributed by atoms with E-state index in [1.807, 2.05) is 0 Å². The lowest BCUT2D eigenvalue weighted by molar-refractivity contribution is 0.414. The Morgan fingerprint density at radius 3 is 2.74 bits per heavy atom. The van der Waals surface area contributed by atoms with Gasteiger partial charge in [0.15, 0.2) is 11.6 Å². The molecule has 3 aromatic rings. The first-order valence-corrected chi connectivity index (χ1v) is 8.45. The van der Waals surface area contributed by atoms with Crippen molar-refractivity contribution in [3.8, 4) is 17.3 Å². The number of ether oxygens (including phenoxy) is 1. The Kier molecular flexibility index (Phi) is 3.91. The van der Waals surface area contributed by atoms with Gasteiger partial charge in [0.05, 0.1) is 19.1 Å². The summed E-state index contributed by atoms with van der Waals surface area (Å²) >= 11 is 0. The van der Waals surface area contributed by atoms with Gasteiger partial charge in [0.2, 0.25) is 15.0 Å². The van der Waals surface area contributed by atoms with Crippen LogP contribution in [0.2, 0.25) is 0 Å². The standard InChI is InChI=1S/C15H15N3O4S/c1-18-14(13-7-4-8-22-13)16-17-15(18)23(19,20)10-11-5-3-6-12(9-11)21-2/h3-9H,10H2,1-2H3. The van der Waals surface area contributed by atoms with E-state index < -0.39 is 9.84 Å². The van der Waals surface area contributed by atoms with E-state index in [0.29, 0.717) is 22.9 Å². The smallest absolute Gasteiger partial charge is 0.250 e. The lowest BCUT2D eigenvalue weighted by Gasteiger charge is -2.06. The summed E-state index contributed by atoms with van der Waals surface area (Å²) in [7, 11) is -0.520. The molecular formula is C15H15N3O4S. The van der Waals surface area contributed by atoms with E-state index in [4.69, 9.17) is 9.15 Å². The normalized spacial score (nSPS) is 11.6. The Morgan fingerprint density at radius 2 is 2.04 bits per heavy atom. The van der Waals surface area contributed by atoms with Crippen LogP contribution in [-0.4, -0.2) is 30.3 Å². The summed E-state index contributed by atoms with van der Waals surface area (Å²) in [6, 6.07) is 10.3. The van der Waals surface area contributed by atoms with Gasteiger partial charge in [-0.2, -0.15) is 0 Å². The molecule has 0 saturated heterocycles. The summed E-state index contributed by atoms with van der Waals surface area (Å²) in [4.78, 5) is 0. The molecule has 0 bridgehead atoms. The molecule has 0 aliphatic carbocycles. The minimum atomic E-state index is -3.65. The Hall–Kier alpha value is -2.61. The maximum Gasteiger partial charge on any atom is 0.250 e. The molecule has 8 heteroatoms. The Morgan fingerprint density at radius 1 is 1.22 bits per heavy atom. The molecule has 0 aliphatic rings. The third-order valence-corrected chi connectivity index (χ3v) is 4.97. The lowest BCUT2D eigenvalue weighted by Crippen LogP contribution is -2.11. The molecule has 0 unspecified atom stereocenters. The third kappa shape index (κ3) is 2.98. The number of sulfone groups is 1. The van der Waals surface area contributed by atoms with Crippen LogP contribution in [0.5, 0.6) is 5.75 Å². The molecule has 0 amide bonds. The SMILES string of the molecule is COc1cccc(CS(=O)(=O)c2nnc(-c3ccco3)n2C)c1. The summed E-state index contributed by atoms with van der Waals surface area (Å²) in [6.45, 7) is 0. The average Bonchev–Trinajstić information content (AvgIpc) is 3.16. The second kappa shape index (κ2) is 5.88. The maximum atomic E-state index is 12.6. The van der Waals surface area contributed by atoms with Gasteiger partial charge < -0.3 is 9.15 Å². The van der Waals surface area contributed by atoms with E-state index in [0.717, 1.165) is 0 Å². The molecule has 3 rings (SSSR count). The predicted octanol–water partition coefficient (Wildman–Crippen LogP) is 2.06. The van der Waals surface area contributed by atoms with E-state index >= 15 is 0 Å². The molecule has 0 radical (unpaired) electrons. The number of benzene rings is 1. The van der Waals surface area contributed by atoms with Crippen molar-refractivity contribution in [2.45, 2.75) is 10.9 Å². The van der Waals surface area contributed by atoms with Gasteiger partial charge >= 0.3 is 0 Å². The number of hydrogen-bond acceptors (Lipinski definition) is 6. The molecule has 120 valence electrons. The zero-order valence-corrected chi connectivity index (χ0v) is 13.4. The number of nitrogens with zero attached hydrogens (tertiary/aromatic N) is 3. The van der Waals surface area contributed by atoms with Crippen LogP contribution in [0, 0.1) is 0 Å². The van der Waals surface area contributed by atoms with Crippen molar-refractivity contribution in [3.63, 3.8) is 0 Å². The predicted molar refractivity (Wildman–Crippen MR) is 82.6 cm³/mol. The molecule has 1 aromatic carbocycles. The summed E-state index contributed by atoms with van der Waals surface area (Å²) in [5, 5.41) is 7.63. The van der Waals surface area contributed by atoms with E-state index in [2.05, 4.69) is 10.2 Å². The topological polar surface area (TPSA) is 87.2 Å². The first-order chi connectivity index (χ1) is 11.0. The molecule has 2 aromatic heterocycles. The van der Waals surface area contributed by atoms with E-state index in [1.54, 1.807) is 43.4 Å². The third-order valence-electron chi connectivity index (χ3n) is 3.35. The molecule has 0 atom stereocenters. The van der Waals surface area contributed by atoms with Crippen LogP contribution in [0.15, 0.2) is 52.2 Å². The van der Waals surface area contributed by atoms with Crippen LogP contribution >= 0.6 is 0 Å². The zero-order chi connectivity index (χ0) is 16.4. The van der Waals surface area contributed by atoms with Crippen molar-refractivity contribution < 1.29 is 17.6 Å². The van der Waals surface area contributed by atoms with E-state index in [9.17, 15) is 8.42 Å². The Labute approximate surface area is 133 Å². The maximum absolute atomic E-state index is 12.6. The second-order valence-electron chi connectivity index (χ2n) is 4.95. The van der Waals surface area contributed by atoms with Gasteiger partial charge in [-0.3, -0.25) is 4.57 Å². The molecular weight excluding hydrogens is 318 g/mol. The highest BCUT2D eigenvalue weighted by Gasteiger charge is 2.25. The highest BCUT2D eigenvalue weighted by molar-refractivity contribution is 7.90. The van der Waals surface area contributed by atoms with Gasteiger partial charge in [-0.1, -0.05) is 12.1 Å². The van der Waals surface area contributed by atoms with Crippen molar-refractivity contribution in [1.29, 1.82) is 0 Å². The highest BCUT2D eigenvalue weighted by atomic mass is 32.2. The zero-order valence-electron chi connectivity index (χ0n) is 12.6. The second-order valence-corrected chi connectivity index (χ2v) is 6.84. The first-order valence-electron chi connectivity index (χ1n) is 6.80. The Bertz CT molecular complexity index is 914. The van der Waals surface area contributed by atoms with Gasteiger partial charge in [0, 0.05) is 7.05 Å². The summed E-state index contributed by atoms with van der Waals surface area (Å²) in [5.74, 6) is 1.24. The minimum absolute atomic E-state index is 0.105. The molecule has 23 heavy (non-hydrogen) atoms. The Balaban J connectivity index is 1.94. The van der Waals surface area contributed by atoms with E-state index in [1.165, 1.54) is 17.9 Å². The fourth-order valence-electron chi connectivity index (χ4n) is 2.25. The summed E-state index contributed by atoms with van der Waals surface area (Å²) in [5.41, 5.74) is 0.617. The van der Waals surface area contributed by atoms with Crippen LogP contribution in [0.25, 0.3) is 11.6 Å².